The molecular formula is C36H34F6Si. The number of hydrogen-bond acceptors (Lipinski definition) is 0. The van der Waals surface area contributed by atoms with Crippen LogP contribution in [0.25, 0.3) is 22.3 Å². The van der Waals surface area contributed by atoms with E-state index in [2.05, 4.69) is 39.1 Å². The number of hydrogen-bond donors (Lipinski definition) is 0. The van der Waals surface area contributed by atoms with Gasteiger partial charge in [-0.3, -0.25) is 0 Å². The molecule has 0 saturated heterocycles. The summed E-state index contributed by atoms with van der Waals surface area (Å²) in [7, 11) is -2.16. The molecule has 4 unspecified atom stereocenters. The fourth-order valence-corrected chi connectivity index (χ4v) is 14.2. The quantitative estimate of drug-likeness (QED) is 0.160. The third kappa shape index (κ3) is 5.13. The van der Waals surface area contributed by atoms with Crippen molar-refractivity contribution < 1.29 is 26.3 Å². The first kappa shape index (κ1) is 29.7. The summed E-state index contributed by atoms with van der Waals surface area (Å²) in [5, 5.41) is 0. The van der Waals surface area contributed by atoms with Crippen molar-refractivity contribution in [1.82, 2.24) is 0 Å². The zero-order valence-corrected chi connectivity index (χ0v) is 25.6. The van der Waals surface area contributed by atoms with Crippen molar-refractivity contribution in [2.45, 2.75) is 63.2 Å². The van der Waals surface area contributed by atoms with E-state index in [0.29, 0.717) is 34.0 Å². The van der Waals surface area contributed by atoms with Crippen LogP contribution in [0, 0.1) is 11.8 Å². The Morgan fingerprint density at radius 3 is 1.30 bits per heavy atom. The minimum Gasteiger partial charge on any atom is -0.166 e. The zero-order valence-electron chi connectivity index (χ0n) is 24.6. The van der Waals surface area contributed by atoms with Crippen LogP contribution in [-0.4, -0.2) is 8.07 Å². The molecule has 0 radical (unpaired) electrons. The molecule has 0 heterocycles. The van der Waals surface area contributed by atoms with Crippen LogP contribution in [0.3, 0.4) is 0 Å². The van der Waals surface area contributed by atoms with Gasteiger partial charge in [-0.15, -0.1) is 0 Å². The Morgan fingerprint density at radius 2 is 0.930 bits per heavy atom. The summed E-state index contributed by atoms with van der Waals surface area (Å²) in [6.07, 6.45) is -7.20. The predicted octanol–water partition coefficient (Wildman–Crippen LogP) is 11.1. The minimum atomic E-state index is -4.41. The van der Waals surface area contributed by atoms with E-state index in [0.717, 1.165) is 47.2 Å². The second kappa shape index (κ2) is 10.4. The third-order valence-corrected chi connectivity index (χ3v) is 14.9. The van der Waals surface area contributed by atoms with Gasteiger partial charge in [0, 0.05) is 0 Å². The van der Waals surface area contributed by atoms with E-state index in [4.69, 9.17) is 0 Å². The Balaban J connectivity index is 1.41. The molecule has 0 fully saturated rings. The van der Waals surface area contributed by atoms with Crippen LogP contribution >= 0.6 is 0 Å². The lowest BCUT2D eigenvalue weighted by molar-refractivity contribution is -0.138. The highest BCUT2D eigenvalue weighted by atomic mass is 28.3. The first-order chi connectivity index (χ1) is 20.2. The van der Waals surface area contributed by atoms with Crippen LogP contribution in [-0.2, 0) is 25.2 Å². The Bertz CT molecular complexity index is 1560. The standard InChI is InChI=1S/C36H34F6Si/c1-21-17-31-27(23-9-5-11-25(19-23)35(37,38)39)13-7-15-29(31)33(21)43(3,4)34-22(2)18-32-28(14-8-16-30(32)34)24-10-6-12-26(20-24)36(40,41)42/h5-16,19-22,33-34H,17-18H2,1-4H3. The van der Waals surface area contributed by atoms with Crippen LogP contribution in [0.1, 0.15) is 58.3 Å². The van der Waals surface area contributed by atoms with Gasteiger partial charge in [0.25, 0.3) is 0 Å². The maximum atomic E-state index is 13.5. The molecule has 0 bridgehead atoms. The number of fused-ring (bicyclic) bond motifs is 2. The van der Waals surface area contributed by atoms with Crippen LogP contribution in [0.15, 0.2) is 84.9 Å². The van der Waals surface area contributed by atoms with Gasteiger partial charge in [0.05, 0.1) is 19.2 Å². The SMILES string of the molecule is CC1Cc2c(-c3cccc(C(F)(F)F)c3)cccc2C1[Si](C)(C)C1c2cccc(-c3cccc(C(F)(F)F)c3)c2CC1C. The van der Waals surface area contributed by atoms with Gasteiger partial charge in [-0.2, -0.15) is 26.3 Å². The summed E-state index contributed by atoms with van der Waals surface area (Å²) >= 11 is 0. The summed E-state index contributed by atoms with van der Waals surface area (Å²) in [5.74, 6) is 0.651. The van der Waals surface area contributed by atoms with E-state index in [1.54, 1.807) is 12.1 Å². The number of halogens is 6. The van der Waals surface area contributed by atoms with Gasteiger partial charge < -0.3 is 0 Å². The Hall–Kier alpha value is -3.32. The molecule has 6 rings (SSSR count). The van der Waals surface area contributed by atoms with Crippen LogP contribution in [0.4, 0.5) is 26.3 Å². The molecule has 43 heavy (non-hydrogen) atoms. The highest BCUT2D eigenvalue weighted by Gasteiger charge is 2.51. The molecule has 0 N–H and O–H groups in total. The van der Waals surface area contributed by atoms with Gasteiger partial charge in [0.2, 0.25) is 0 Å². The summed E-state index contributed by atoms with van der Waals surface area (Å²) < 4.78 is 81.2. The van der Waals surface area contributed by atoms with Crippen LogP contribution in [0.2, 0.25) is 13.1 Å². The van der Waals surface area contributed by atoms with E-state index >= 15 is 0 Å². The molecule has 2 aliphatic carbocycles. The van der Waals surface area contributed by atoms with E-state index in [1.807, 2.05) is 24.3 Å². The third-order valence-electron chi connectivity index (χ3n) is 9.89. The van der Waals surface area contributed by atoms with Crippen molar-refractivity contribution in [3.8, 4) is 22.3 Å². The van der Waals surface area contributed by atoms with E-state index < -0.39 is 31.6 Å². The average molecular weight is 609 g/mol. The summed E-state index contributed by atoms with van der Waals surface area (Å²) in [4.78, 5) is 0. The molecule has 224 valence electrons. The molecule has 0 nitrogen and oxygen atoms in total. The highest BCUT2D eigenvalue weighted by molar-refractivity contribution is 6.80. The Kier molecular flexibility index (Phi) is 7.19. The van der Waals surface area contributed by atoms with Crippen molar-refractivity contribution in [3.63, 3.8) is 0 Å². The monoisotopic (exact) mass is 608 g/mol. The van der Waals surface area contributed by atoms with Gasteiger partial charge in [0.1, 0.15) is 0 Å². The summed E-state index contributed by atoms with van der Waals surface area (Å²) in [6.45, 7) is 9.37. The van der Waals surface area contributed by atoms with Crippen molar-refractivity contribution in [2.75, 3.05) is 0 Å². The maximum Gasteiger partial charge on any atom is 0.416 e. The lowest BCUT2D eigenvalue weighted by Gasteiger charge is -2.41. The molecular weight excluding hydrogens is 574 g/mol. The number of benzene rings is 4. The van der Waals surface area contributed by atoms with Gasteiger partial charge in [0.15, 0.2) is 0 Å². The minimum absolute atomic E-state index is 0.295. The Labute approximate surface area is 249 Å². The second-order valence-corrected chi connectivity index (χ2v) is 17.9. The van der Waals surface area contributed by atoms with Crippen molar-refractivity contribution >= 4 is 8.07 Å². The lowest BCUT2D eigenvalue weighted by atomic mass is 9.95. The molecule has 0 aliphatic heterocycles. The van der Waals surface area contributed by atoms with Crippen LogP contribution in [0.5, 0.6) is 0 Å². The fourth-order valence-electron chi connectivity index (χ4n) is 8.47. The van der Waals surface area contributed by atoms with E-state index in [9.17, 15) is 26.3 Å². The lowest BCUT2D eigenvalue weighted by Crippen LogP contribution is -2.45. The maximum absolute atomic E-state index is 13.5. The molecule has 0 spiro atoms. The molecule has 0 saturated carbocycles. The summed E-state index contributed by atoms with van der Waals surface area (Å²) in [5.41, 5.74) is 6.99. The van der Waals surface area contributed by atoms with Gasteiger partial charge in [-0.05, 0) is 105 Å². The second-order valence-electron chi connectivity index (χ2n) is 13.0. The highest BCUT2D eigenvalue weighted by Crippen LogP contribution is 2.55. The van der Waals surface area contributed by atoms with Gasteiger partial charge >= 0.3 is 12.4 Å². The van der Waals surface area contributed by atoms with Crippen molar-refractivity contribution in [3.05, 3.63) is 118 Å². The van der Waals surface area contributed by atoms with E-state index in [-0.39, 0.29) is 0 Å². The topological polar surface area (TPSA) is 0 Å². The summed E-state index contributed by atoms with van der Waals surface area (Å²) in [6, 6.07) is 23.3. The normalized spacial score (nSPS) is 22.0. The largest absolute Gasteiger partial charge is 0.416 e. The van der Waals surface area contributed by atoms with Gasteiger partial charge in [-0.25, -0.2) is 0 Å². The Morgan fingerprint density at radius 1 is 0.558 bits per heavy atom. The first-order valence-corrected chi connectivity index (χ1v) is 17.9. The van der Waals surface area contributed by atoms with Crippen molar-refractivity contribution in [2.24, 2.45) is 11.8 Å². The molecule has 4 atom stereocenters. The van der Waals surface area contributed by atoms with Crippen molar-refractivity contribution in [1.29, 1.82) is 0 Å². The molecule has 0 aromatic heterocycles. The number of alkyl halides is 6. The molecule has 0 amide bonds. The van der Waals surface area contributed by atoms with E-state index in [1.165, 1.54) is 35.4 Å². The smallest absolute Gasteiger partial charge is 0.166 e. The molecule has 7 heteroatoms. The molecule has 4 aromatic carbocycles. The molecule has 2 aliphatic rings. The first-order valence-electron chi connectivity index (χ1n) is 14.8. The molecule has 4 aromatic rings. The zero-order chi connectivity index (χ0) is 30.9. The van der Waals surface area contributed by atoms with Gasteiger partial charge in [-0.1, -0.05) is 87.6 Å². The fraction of sp³-hybridized carbons (Fsp3) is 0.333. The van der Waals surface area contributed by atoms with Crippen LogP contribution < -0.4 is 0 Å². The predicted molar refractivity (Wildman–Crippen MR) is 162 cm³/mol. The average Bonchev–Trinajstić information content (AvgIpc) is 3.48. The number of rotatable bonds is 4.